The molecule has 1 aromatic heterocycles. The number of anilines is 1. The normalized spacial score (nSPS) is 10.4. The number of carboxylic acids is 1. The number of nitrogens with one attached hydrogen (secondary N) is 1. The molecule has 0 radical (unpaired) electrons. The number of nitrogens with zero attached hydrogens (tertiary/aromatic N) is 2. The smallest absolute Gasteiger partial charge is 0.335 e. The van der Waals surface area contributed by atoms with Crippen LogP contribution in [0.3, 0.4) is 0 Å². The van der Waals surface area contributed by atoms with E-state index in [1.54, 1.807) is 16.8 Å². The Bertz CT molecular complexity index is 590. The van der Waals surface area contributed by atoms with Gasteiger partial charge in [0.25, 0.3) is 0 Å². The number of aryl methyl sites for hydroxylation is 2. The van der Waals surface area contributed by atoms with Gasteiger partial charge >= 0.3 is 5.97 Å². The minimum atomic E-state index is -0.898. The zero-order valence-corrected chi connectivity index (χ0v) is 11.1. The van der Waals surface area contributed by atoms with Gasteiger partial charge in [-0.1, -0.05) is 0 Å². The zero-order chi connectivity index (χ0) is 13.8. The van der Waals surface area contributed by atoms with Crippen LogP contribution in [0, 0.1) is 6.92 Å². The van der Waals surface area contributed by atoms with Crippen molar-refractivity contribution in [1.82, 2.24) is 9.78 Å². The molecule has 0 aliphatic heterocycles. The van der Waals surface area contributed by atoms with Gasteiger partial charge in [0.2, 0.25) is 0 Å². The van der Waals surface area contributed by atoms with Gasteiger partial charge in [-0.3, -0.25) is 4.68 Å². The fourth-order valence-corrected chi connectivity index (χ4v) is 1.94. The Balaban J connectivity index is 1.94. The Morgan fingerprint density at radius 3 is 2.84 bits per heavy atom. The number of rotatable bonds is 5. The van der Waals surface area contributed by atoms with Gasteiger partial charge in [0.15, 0.2) is 0 Å². The summed E-state index contributed by atoms with van der Waals surface area (Å²) in [6.07, 6.45) is 4.72. The number of carboxylic acid groups (broad SMARTS) is 1. The molecule has 1 heterocycles. The topological polar surface area (TPSA) is 67.2 Å². The average molecular weight is 259 g/mol. The molecule has 0 bridgehead atoms. The first-order valence-corrected chi connectivity index (χ1v) is 6.11. The molecule has 2 N–H and O–H groups in total. The molecule has 2 rings (SSSR count). The van der Waals surface area contributed by atoms with Crippen molar-refractivity contribution in [3.05, 3.63) is 47.3 Å². The van der Waals surface area contributed by atoms with Crippen LogP contribution in [0.15, 0.2) is 30.6 Å². The minimum absolute atomic E-state index is 0.315. The Hall–Kier alpha value is -2.30. The van der Waals surface area contributed by atoms with E-state index in [-0.39, 0.29) is 0 Å². The summed E-state index contributed by atoms with van der Waals surface area (Å²) in [5.74, 6) is -0.898. The summed E-state index contributed by atoms with van der Waals surface area (Å²) in [5, 5.41) is 16.3. The molecule has 19 heavy (non-hydrogen) atoms. The first kappa shape index (κ1) is 13.1. The van der Waals surface area contributed by atoms with Crippen molar-refractivity contribution < 1.29 is 9.90 Å². The molecule has 100 valence electrons. The third kappa shape index (κ3) is 3.34. The lowest BCUT2D eigenvalue weighted by atomic mass is 10.1. The van der Waals surface area contributed by atoms with Gasteiger partial charge in [0.05, 0.1) is 11.8 Å². The summed E-state index contributed by atoms with van der Waals surface area (Å²) in [5.41, 5.74) is 3.39. The molecule has 0 spiro atoms. The fraction of sp³-hybridized carbons (Fsp3) is 0.286. The molecule has 1 aromatic carbocycles. The summed E-state index contributed by atoms with van der Waals surface area (Å²) in [6, 6.07) is 5.10. The SMILES string of the molecule is Cc1cc(C(=O)O)ccc1NCCc1cnn(C)c1. The third-order valence-corrected chi connectivity index (χ3v) is 2.96. The summed E-state index contributed by atoms with van der Waals surface area (Å²) >= 11 is 0. The lowest BCUT2D eigenvalue weighted by molar-refractivity contribution is 0.0697. The van der Waals surface area contributed by atoms with Crippen molar-refractivity contribution in [3.8, 4) is 0 Å². The Labute approximate surface area is 111 Å². The van der Waals surface area contributed by atoms with E-state index in [4.69, 9.17) is 5.11 Å². The molecular weight excluding hydrogens is 242 g/mol. The van der Waals surface area contributed by atoms with E-state index in [2.05, 4.69) is 10.4 Å². The maximum absolute atomic E-state index is 10.8. The summed E-state index contributed by atoms with van der Waals surface area (Å²) < 4.78 is 1.78. The van der Waals surface area contributed by atoms with Crippen LogP contribution in [0.25, 0.3) is 0 Å². The summed E-state index contributed by atoms with van der Waals surface area (Å²) in [6.45, 7) is 2.69. The van der Waals surface area contributed by atoms with Crippen LogP contribution in [-0.2, 0) is 13.5 Å². The fourth-order valence-electron chi connectivity index (χ4n) is 1.94. The Morgan fingerprint density at radius 2 is 2.26 bits per heavy atom. The molecule has 0 amide bonds. The molecule has 0 aliphatic carbocycles. The van der Waals surface area contributed by atoms with E-state index < -0.39 is 5.97 Å². The van der Waals surface area contributed by atoms with E-state index in [0.29, 0.717) is 5.56 Å². The van der Waals surface area contributed by atoms with Crippen molar-refractivity contribution in [2.45, 2.75) is 13.3 Å². The molecule has 5 heteroatoms. The highest BCUT2D eigenvalue weighted by atomic mass is 16.4. The van der Waals surface area contributed by atoms with Crippen LogP contribution in [0.1, 0.15) is 21.5 Å². The molecule has 0 saturated carbocycles. The highest BCUT2D eigenvalue weighted by Crippen LogP contribution is 2.16. The number of benzene rings is 1. The number of aromatic carboxylic acids is 1. The lowest BCUT2D eigenvalue weighted by Gasteiger charge is -2.09. The van der Waals surface area contributed by atoms with Crippen LogP contribution in [0.2, 0.25) is 0 Å². The van der Waals surface area contributed by atoms with Crippen molar-refractivity contribution in [2.24, 2.45) is 7.05 Å². The van der Waals surface area contributed by atoms with Gasteiger partial charge in [-0.05, 0) is 42.7 Å². The first-order valence-electron chi connectivity index (χ1n) is 6.11. The second-order valence-corrected chi connectivity index (χ2v) is 4.53. The van der Waals surface area contributed by atoms with Gasteiger partial charge < -0.3 is 10.4 Å². The van der Waals surface area contributed by atoms with Gasteiger partial charge in [0.1, 0.15) is 0 Å². The predicted molar refractivity (Wildman–Crippen MR) is 73.5 cm³/mol. The number of hydrogen-bond donors (Lipinski definition) is 2. The van der Waals surface area contributed by atoms with Crippen LogP contribution < -0.4 is 5.32 Å². The van der Waals surface area contributed by atoms with Crippen molar-refractivity contribution in [2.75, 3.05) is 11.9 Å². The van der Waals surface area contributed by atoms with Gasteiger partial charge in [-0.15, -0.1) is 0 Å². The number of carbonyl (C=O) groups is 1. The largest absolute Gasteiger partial charge is 0.478 e. The zero-order valence-electron chi connectivity index (χ0n) is 11.1. The Morgan fingerprint density at radius 1 is 1.47 bits per heavy atom. The maximum atomic E-state index is 10.8. The highest BCUT2D eigenvalue weighted by molar-refractivity contribution is 5.88. The minimum Gasteiger partial charge on any atom is -0.478 e. The third-order valence-electron chi connectivity index (χ3n) is 2.96. The van der Waals surface area contributed by atoms with Crippen LogP contribution in [-0.4, -0.2) is 27.4 Å². The predicted octanol–water partition coefficient (Wildman–Crippen LogP) is 2.08. The molecule has 0 fully saturated rings. The van der Waals surface area contributed by atoms with E-state index in [1.807, 2.05) is 32.4 Å². The van der Waals surface area contributed by atoms with E-state index in [0.717, 1.165) is 24.2 Å². The highest BCUT2D eigenvalue weighted by Gasteiger charge is 2.05. The quantitative estimate of drug-likeness (QED) is 0.862. The monoisotopic (exact) mass is 259 g/mol. The molecular formula is C14H17N3O2. The van der Waals surface area contributed by atoms with Gasteiger partial charge in [-0.25, -0.2) is 4.79 Å². The molecule has 0 atom stereocenters. The first-order chi connectivity index (χ1) is 9.06. The molecule has 5 nitrogen and oxygen atoms in total. The molecule has 0 aliphatic rings. The van der Waals surface area contributed by atoms with Crippen LogP contribution >= 0.6 is 0 Å². The molecule has 2 aromatic rings. The van der Waals surface area contributed by atoms with Crippen molar-refractivity contribution in [3.63, 3.8) is 0 Å². The van der Waals surface area contributed by atoms with E-state index in [1.165, 1.54) is 5.56 Å². The van der Waals surface area contributed by atoms with Crippen molar-refractivity contribution in [1.29, 1.82) is 0 Å². The number of hydrogen-bond acceptors (Lipinski definition) is 3. The van der Waals surface area contributed by atoms with E-state index in [9.17, 15) is 4.79 Å². The van der Waals surface area contributed by atoms with Crippen LogP contribution in [0.5, 0.6) is 0 Å². The lowest BCUT2D eigenvalue weighted by Crippen LogP contribution is -2.06. The maximum Gasteiger partial charge on any atom is 0.335 e. The summed E-state index contributed by atoms with van der Waals surface area (Å²) in [4.78, 5) is 10.8. The van der Waals surface area contributed by atoms with Crippen molar-refractivity contribution >= 4 is 11.7 Å². The van der Waals surface area contributed by atoms with Gasteiger partial charge in [-0.2, -0.15) is 5.10 Å². The van der Waals surface area contributed by atoms with Gasteiger partial charge in [0, 0.05) is 25.5 Å². The van der Waals surface area contributed by atoms with Crippen LogP contribution in [0.4, 0.5) is 5.69 Å². The Kier molecular flexibility index (Phi) is 3.85. The number of aromatic nitrogens is 2. The summed E-state index contributed by atoms with van der Waals surface area (Å²) in [7, 11) is 1.89. The average Bonchev–Trinajstić information content (AvgIpc) is 2.77. The molecule has 0 unspecified atom stereocenters. The second kappa shape index (κ2) is 5.56. The van der Waals surface area contributed by atoms with E-state index >= 15 is 0 Å². The standard InChI is InChI=1S/C14H17N3O2/c1-10-7-12(14(18)19)3-4-13(10)15-6-5-11-8-16-17(2)9-11/h3-4,7-9,15H,5-6H2,1-2H3,(H,18,19). The second-order valence-electron chi connectivity index (χ2n) is 4.53. The molecule has 0 saturated heterocycles.